The van der Waals surface area contributed by atoms with E-state index in [0.29, 0.717) is 0 Å². The van der Waals surface area contributed by atoms with E-state index in [4.69, 9.17) is 0 Å². The van der Waals surface area contributed by atoms with Crippen molar-refractivity contribution in [2.75, 3.05) is 18.0 Å². The van der Waals surface area contributed by atoms with Gasteiger partial charge in [0.1, 0.15) is 4.83 Å². The molecule has 1 N–H and O–H groups in total. The molecular formula is C18H18N4OS. The summed E-state index contributed by atoms with van der Waals surface area (Å²) in [5.74, 6) is -0.00844. The van der Waals surface area contributed by atoms with Crippen LogP contribution in [0.4, 0.5) is 5.69 Å². The average molecular weight is 338 g/mol. The van der Waals surface area contributed by atoms with E-state index in [9.17, 15) is 4.79 Å². The van der Waals surface area contributed by atoms with Crippen LogP contribution in [-0.2, 0) is 0 Å². The molecule has 3 aromatic rings. The number of fused-ring (bicyclic) bond motifs is 1. The second-order valence-corrected chi connectivity index (χ2v) is 7.21. The van der Waals surface area contributed by atoms with Crippen LogP contribution in [-0.4, -0.2) is 35.0 Å². The summed E-state index contributed by atoms with van der Waals surface area (Å²) in [5, 5.41) is 4.19. The number of nitrogens with one attached hydrogen (secondary N) is 1. The van der Waals surface area contributed by atoms with Crippen molar-refractivity contribution in [3.05, 3.63) is 52.8 Å². The molecular weight excluding hydrogens is 320 g/mol. The van der Waals surface area contributed by atoms with Gasteiger partial charge in [-0.2, -0.15) is 0 Å². The van der Waals surface area contributed by atoms with Crippen LogP contribution in [0.1, 0.15) is 20.8 Å². The first-order valence-corrected chi connectivity index (χ1v) is 8.75. The van der Waals surface area contributed by atoms with Crippen LogP contribution in [0.15, 0.2) is 36.8 Å². The fraction of sp³-hybridized carbons (Fsp3) is 0.278. The molecule has 1 fully saturated rings. The Morgan fingerprint density at radius 3 is 2.92 bits per heavy atom. The van der Waals surface area contributed by atoms with E-state index < -0.39 is 0 Å². The van der Waals surface area contributed by atoms with Gasteiger partial charge in [0, 0.05) is 30.9 Å². The normalized spacial score (nSPS) is 14.7. The van der Waals surface area contributed by atoms with Gasteiger partial charge in [-0.15, -0.1) is 11.3 Å². The Balaban J connectivity index is 1.43. The quantitative estimate of drug-likeness (QED) is 0.798. The average Bonchev–Trinajstić information content (AvgIpc) is 3.00. The van der Waals surface area contributed by atoms with Gasteiger partial charge in [-0.3, -0.25) is 9.78 Å². The highest BCUT2D eigenvalue weighted by Crippen LogP contribution is 2.28. The Kier molecular flexibility index (Phi) is 3.69. The highest BCUT2D eigenvalue weighted by atomic mass is 32.1. The van der Waals surface area contributed by atoms with Gasteiger partial charge >= 0.3 is 0 Å². The van der Waals surface area contributed by atoms with Crippen molar-refractivity contribution >= 4 is 33.1 Å². The molecule has 6 heteroatoms. The third-order valence-electron chi connectivity index (χ3n) is 4.54. The SMILES string of the molecule is Cc1cnc2sc(C(=O)NC3CN(c4cccnc4)C3)cc2c1C. The van der Waals surface area contributed by atoms with E-state index in [1.165, 1.54) is 16.9 Å². The lowest BCUT2D eigenvalue weighted by atomic mass is 10.1. The summed E-state index contributed by atoms with van der Waals surface area (Å²) in [6.45, 7) is 5.75. The number of nitrogens with zero attached hydrogens (tertiary/aromatic N) is 3. The molecule has 1 amide bonds. The summed E-state index contributed by atoms with van der Waals surface area (Å²) in [4.78, 5) is 24.9. The third-order valence-corrected chi connectivity index (χ3v) is 5.58. The molecule has 1 aliphatic heterocycles. The van der Waals surface area contributed by atoms with Gasteiger partial charge in [-0.05, 0) is 43.2 Å². The molecule has 0 bridgehead atoms. The summed E-state index contributed by atoms with van der Waals surface area (Å²) >= 11 is 1.46. The van der Waals surface area contributed by atoms with E-state index in [-0.39, 0.29) is 11.9 Å². The Bertz CT molecular complexity index is 900. The van der Waals surface area contributed by atoms with Crippen LogP contribution >= 0.6 is 11.3 Å². The van der Waals surface area contributed by atoms with Crippen LogP contribution in [0.5, 0.6) is 0 Å². The van der Waals surface area contributed by atoms with Gasteiger partial charge in [-0.1, -0.05) is 0 Å². The fourth-order valence-corrected chi connectivity index (χ4v) is 3.86. The maximum Gasteiger partial charge on any atom is 0.261 e. The summed E-state index contributed by atoms with van der Waals surface area (Å²) in [6, 6.07) is 6.10. The number of amides is 1. The minimum atomic E-state index is -0.00844. The number of pyridine rings is 2. The molecule has 0 atom stereocenters. The minimum Gasteiger partial charge on any atom is -0.366 e. The fourth-order valence-electron chi connectivity index (χ4n) is 2.90. The Hall–Kier alpha value is -2.47. The van der Waals surface area contributed by atoms with Gasteiger partial charge in [0.15, 0.2) is 0 Å². The molecule has 0 spiro atoms. The first kappa shape index (κ1) is 15.1. The van der Waals surface area contributed by atoms with Crippen LogP contribution in [0.25, 0.3) is 10.2 Å². The summed E-state index contributed by atoms with van der Waals surface area (Å²) in [5.41, 5.74) is 3.44. The van der Waals surface area contributed by atoms with Gasteiger partial charge in [0.25, 0.3) is 5.91 Å². The zero-order valence-electron chi connectivity index (χ0n) is 13.6. The van der Waals surface area contributed by atoms with Gasteiger partial charge in [-0.25, -0.2) is 4.98 Å². The van der Waals surface area contributed by atoms with E-state index >= 15 is 0 Å². The first-order valence-electron chi connectivity index (χ1n) is 7.93. The number of thiophene rings is 1. The molecule has 0 aliphatic carbocycles. The molecule has 0 aromatic carbocycles. The molecule has 4 heterocycles. The Labute approximate surface area is 144 Å². The predicted molar refractivity (Wildman–Crippen MR) is 96.8 cm³/mol. The van der Waals surface area contributed by atoms with Crippen molar-refractivity contribution in [2.45, 2.75) is 19.9 Å². The first-order chi connectivity index (χ1) is 11.6. The van der Waals surface area contributed by atoms with Crippen LogP contribution in [0.3, 0.4) is 0 Å². The van der Waals surface area contributed by atoms with Gasteiger partial charge in [0.2, 0.25) is 0 Å². The molecule has 5 nitrogen and oxygen atoms in total. The highest BCUT2D eigenvalue weighted by Gasteiger charge is 2.29. The lowest BCUT2D eigenvalue weighted by molar-refractivity contribution is 0.0934. The number of anilines is 1. The number of hydrogen-bond acceptors (Lipinski definition) is 5. The lowest BCUT2D eigenvalue weighted by Crippen LogP contribution is -2.59. The largest absolute Gasteiger partial charge is 0.366 e. The Morgan fingerprint density at radius 1 is 1.33 bits per heavy atom. The van der Waals surface area contributed by atoms with Crippen molar-refractivity contribution in [1.82, 2.24) is 15.3 Å². The van der Waals surface area contributed by atoms with Gasteiger partial charge < -0.3 is 10.2 Å². The summed E-state index contributed by atoms with van der Waals surface area (Å²) in [7, 11) is 0. The topological polar surface area (TPSA) is 58.1 Å². The number of carbonyl (C=O) groups excluding carboxylic acids is 1. The minimum absolute atomic E-state index is 0.00844. The van der Waals surface area contributed by atoms with Gasteiger partial charge in [0.05, 0.1) is 22.8 Å². The van der Waals surface area contributed by atoms with Crippen molar-refractivity contribution < 1.29 is 4.79 Å². The van der Waals surface area contributed by atoms with Crippen LogP contribution in [0, 0.1) is 13.8 Å². The zero-order valence-corrected chi connectivity index (χ0v) is 14.4. The molecule has 1 aliphatic rings. The predicted octanol–water partition coefficient (Wildman–Crippen LogP) is 2.93. The number of carbonyl (C=O) groups is 1. The van der Waals surface area contributed by atoms with Crippen LogP contribution < -0.4 is 10.2 Å². The molecule has 3 aromatic heterocycles. The van der Waals surface area contributed by atoms with Crippen LogP contribution in [0.2, 0.25) is 0 Å². The molecule has 0 unspecified atom stereocenters. The van der Waals surface area contributed by atoms with E-state index in [0.717, 1.165) is 39.4 Å². The van der Waals surface area contributed by atoms with E-state index in [1.54, 1.807) is 6.20 Å². The summed E-state index contributed by atoms with van der Waals surface area (Å²) < 4.78 is 0. The van der Waals surface area contributed by atoms with E-state index in [2.05, 4.69) is 27.1 Å². The zero-order chi connectivity index (χ0) is 16.7. The maximum atomic E-state index is 12.5. The monoisotopic (exact) mass is 338 g/mol. The van der Waals surface area contributed by atoms with Crippen molar-refractivity contribution in [2.24, 2.45) is 0 Å². The molecule has 4 rings (SSSR count). The second kappa shape index (κ2) is 5.87. The second-order valence-electron chi connectivity index (χ2n) is 6.18. The van der Waals surface area contributed by atoms with Crippen molar-refractivity contribution in [3.63, 3.8) is 0 Å². The number of rotatable bonds is 3. The molecule has 1 saturated heterocycles. The highest BCUT2D eigenvalue weighted by molar-refractivity contribution is 7.20. The number of aromatic nitrogens is 2. The molecule has 0 radical (unpaired) electrons. The van der Waals surface area contributed by atoms with E-state index in [1.807, 2.05) is 37.5 Å². The maximum absolute atomic E-state index is 12.5. The smallest absolute Gasteiger partial charge is 0.261 e. The third kappa shape index (κ3) is 2.63. The summed E-state index contributed by atoms with van der Waals surface area (Å²) in [6.07, 6.45) is 5.48. The van der Waals surface area contributed by atoms with Crippen molar-refractivity contribution in [3.8, 4) is 0 Å². The molecule has 122 valence electrons. The molecule has 24 heavy (non-hydrogen) atoms. The number of hydrogen-bond donors (Lipinski definition) is 1. The van der Waals surface area contributed by atoms with Crippen molar-refractivity contribution in [1.29, 1.82) is 0 Å². The molecule has 0 saturated carbocycles. The lowest BCUT2D eigenvalue weighted by Gasteiger charge is -2.40. The standard InChI is InChI=1S/C18H18N4OS/c1-11-7-20-18-15(12(11)2)6-16(24-18)17(23)21-13-9-22(10-13)14-4-3-5-19-8-14/h3-8,13H,9-10H2,1-2H3,(H,21,23). The number of aryl methyl sites for hydroxylation is 2. The Morgan fingerprint density at radius 2 is 2.17 bits per heavy atom.